The van der Waals surface area contributed by atoms with E-state index in [1.165, 1.54) is 6.07 Å². The molecule has 0 spiro atoms. The number of nitrogens with zero attached hydrogens (tertiary/aromatic N) is 3. The Balaban J connectivity index is 2.24. The molecule has 1 N–H and O–H groups in total. The fourth-order valence-electron chi connectivity index (χ4n) is 1.68. The van der Waals surface area contributed by atoms with E-state index in [2.05, 4.69) is 31.4 Å². The Labute approximate surface area is 122 Å². The van der Waals surface area contributed by atoms with Crippen molar-refractivity contribution in [3.05, 3.63) is 39.9 Å². The number of aromatic nitrogens is 3. The van der Waals surface area contributed by atoms with Crippen LogP contribution < -0.4 is 5.32 Å². The number of benzene rings is 1. The van der Waals surface area contributed by atoms with Gasteiger partial charge in [0.1, 0.15) is 5.82 Å². The van der Waals surface area contributed by atoms with Crippen LogP contribution >= 0.6 is 15.9 Å². The summed E-state index contributed by atoms with van der Waals surface area (Å²) in [6.45, 7) is 1.94. The molecule has 0 aliphatic rings. The van der Waals surface area contributed by atoms with Crippen LogP contribution in [-0.4, -0.2) is 14.8 Å². The molecule has 0 bridgehead atoms. The van der Waals surface area contributed by atoms with Gasteiger partial charge >= 0.3 is 6.18 Å². The Bertz CT molecular complexity index is 622. The quantitative estimate of drug-likeness (QED) is 0.922. The molecule has 0 atom stereocenters. The molecule has 0 unspecified atom stereocenters. The van der Waals surface area contributed by atoms with Crippen LogP contribution in [0.5, 0.6) is 0 Å². The van der Waals surface area contributed by atoms with E-state index in [-0.39, 0.29) is 12.2 Å². The highest BCUT2D eigenvalue weighted by molar-refractivity contribution is 9.10. The Hall–Kier alpha value is -1.57. The molecular weight excluding hydrogens is 337 g/mol. The van der Waals surface area contributed by atoms with Gasteiger partial charge in [0, 0.05) is 17.2 Å². The van der Waals surface area contributed by atoms with E-state index in [1.54, 1.807) is 24.6 Å². The maximum absolute atomic E-state index is 12.9. The first kappa shape index (κ1) is 14.8. The fourth-order valence-corrected chi connectivity index (χ4v) is 2.05. The van der Waals surface area contributed by atoms with Crippen LogP contribution in [0.4, 0.5) is 18.9 Å². The molecule has 108 valence electrons. The molecule has 0 amide bonds. The van der Waals surface area contributed by atoms with Gasteiger partial charge in [0.05, 0.1) is 12.1 Å². The smallest absolute Gasteiger partial charge is 0.377 e. The van der Waals surface area contributed by atoms with E-state index in [9.17, 15) is 13.2 Å². The number of nitrogens with one attached hydrogen (secondary N) is 1. The maximum atomic E-state index is 12.9. The van der Waals surface area contributed by atoms with Gasteiger partial charge in [-0.1, -0.05) is 15.9 Å². The van der Waals surface area contributed by atoms with Crippen LogP contribution in [-0.2, 0) is 19.8 Å². The Kier molecular flexibility index (Phi) is 4.03. The lowest BCUT2D eigenvalue weighted by Crippen LogP contribution is -2.12. The predicted octanol–water partition coefficient (Wildman–Crippen LogP) is 3.52. The lowest BCUT2D eigenvalue weighted by Gasteiger charge is -2.14. The highest BCUT2D eigenvalue weighted by Crippen LogP contribution is 2.36. The van der Waals surface area contributed by atoms with E-state index < -0.39 is 11.7 Å². The first-order chi connectivity index (χ1) is 9.29. The molecule has 8 heteroatoms. The van der Waals surface area contributed by atoms with E-state index >= 15 is 0 Å². The minimum atomic E-state index is -4.41. The number of hydrogen-bond donors (Lipinski definition) is 1. The molecule has 2 rings (SSSR count). The SMILES string of the molecule is Cc1nnc(CNc2ccc(Br)cc2C(F)(F)F)n1C. The van der Waals surface area contributed by atoms with Crippen LogP contribution in [0.1, 0.15) is 17.2 Å². The minimum absolute atomic E-state index is 0.0151. The molecule has 0 fully saturated rings. The average Bonchev–Trinajstić information content (AvgIpc) is 2.67. The number of halogens is 4. The summed E-state index contributed by atoms with van der Waals surface area (Å²) in [6.07, 6.45) is -4.41. The first-order valence-electron chi connectivity index (χ1n) is 5.74. The lowest BCUT2D eigenvalue weighted by atomic mass is 10.1. The predicted molar refractivity (Wildman–Crippen MR) is 72.2 cm³/mol. The molecule has 0 radical (unpaired) electrons. The van der Waals surface area contributed by atoms with Crippen molar-refractivity contribution < 1.29 is 13.2 Å². The van der Waals surface area contributed by atoms with E-state index in [0.717, 1.165) is 6.07 Å². The van der Waals surface area contributed by atoms with Crippen molar-refractivity contribution in [2.75, 3.05) is 5.32 Å². The topological polar surface area (TPSA) is 42.7 Å². The van der Waals surface area contributed by atoms with Gasteiger partial charge in [0.25, 0.3) is 0 Å². The number of aryl methyl sites for hydroxylation is 1. The molecular formula is C12H12BrF3N4. The summed E-state index contributed by atoms with van der Waals surface area (Å²) < 4.78 is 40.9. The Morgan fingerprint density at radius 1 is 1.30 bits per heavy atom. The Morgan fingerprint density at radius 3 is 2.55 bits per heavy atom. The Morgan fingerprint density at radius 2 is 2.00 bits per heavy atom. The highest BCUT2D eigenvalue weighted by Gasteiger charge is 2.33. The average molecular weight is 349 g/mol. The third-order valence-electron chi connectivity index (χ3n) is 2.91. The molecule has 4 nitrogen and oxygen atoms in total. The van der Waals surface area contributed by atoms with Gasteiger partial charge in [-0.25, -0.2) is 0 Å². The third-order valence-corrected chi connectivity index (χ3v) is 3.40. The zero-order chi connectivity index (χ0) is 14.9. The van der Waals surface area contributed by atoms with Gasteiger partial charge < -0.3 is 9.88 Å². The number of rotatable bonds is 3. The molecule has 2 aromatic rings. The van der Waals surface area contributed by atoms with Gasteiger partial charge in [-0.15, -0.1) is 10.2 Å². The molecule has 0 aliphatic heterocycles. The molecule has 1 heterocycles. The number of hydrogen-bond acceptors (Lipinski definition) is 3. The van der Waals surface area contributed by atoms with Crippen molar-refractivity contribution >= 4 is 21.6 Å². The zero-order valence-corrected chi connectivity index (χ0v) is 12.4. The number of alkyl halides is 3. The molecule has 1 aromatic heterocycles. The van der Waals surface area contributed by atoms with Crippen LogP contribution in [0.15, 0.2) is 22.7 Å². The molecule has 0 saturated heterocycles. The van der Waals surface area contributed by atoms with Crippen molar-refractivity contribution in [2.45, 2.75) is 19.6 Å². The summed E-state index contributed by atoms with van der Waals surface area (Å²) in [6, 6.07) is 3.99. The van der Waals surface area contributed by atoms with Crippen LogP contribution in [0.25, 0.3) is 0 Å². The van der Waals surface area contributed by atoms with E-state index in [1.807, 2.05) is 0 Å². The molecule has 0 saturated carbocycles. The third kappa shape index (κ3) is 3.12. The maximum Gasteiger partial charge on any atom is 0.418 e. The minimum Gasteiger partial charge on any atom is -0.377 e. The number of anilines is 1. The van der Waals surface area contributed by atoms with Crippen molar-refractivity contribution in [3.63, 3.8) is 0 Å². The second-order valence-corrected chi connectivity index (χ2v) is 5.18. The summed E-state index contributed by atoms with van der Waals surface area (Å²) in [7, 11) is 1.76. The van der Waals surface area contributed by atoms with Gasteiger partial charge in [-0.2, -0.15) is 13.2 Å². The zero-order valence-electron chi connectivity index (χ0n) is 10.8. The monoisotopic (exact) mass is 348 g/mol. The normalized spacial score (nSPS) is 11.7. The molecule has 20 heavy (non-hydrogen) atoms. The van der Waals surface area contributed by atoms with E-state index in [4.69, 9.17) is 0 Å². The summed E-state index contributed by atoms with van der Waals surface area (Å²) >= 11 is 3.05. The molecule has 1 aromatic carbocycles. The van der Waals surface area contributed by atoms with Crippen LogP contribution in [0, 0.1) is 6.92 Å². The van der Waals surface area contributed by atoms with Gasteiger partial charge in [-0.3, -0.25) is 0 Å². The summed E-state index contributed by atoms with van der Waals surface area (Å²) in [4.78, 5) is 0. The standard InChI is InChI=1S/C12H12BrF3N4/c1-7-18-19-11(20(7)2)6-17-10-4-3-8(13)5-9(10)12(14,15)16/h3-5,17H,6H2,1-2H3. The van der Waals surface area contributed by atoms with Gasteiger partial charge in [0.15, 0.2) is 5.82 Å². The first-order valence-corrected chi connectivity index (χ1v) is 6.54. The lowest BCUT2D eigenvalue weighted by molar-refractivity contribution is -0.137. The van der Waals surface area contributed by atoms with Gasteiger partial charge in [0.2, 0.25) is 0 Å². The summed E-state index contributed by atoms with van der Waals surface area (Å²) in [5.74, 6) is 1.27. The van der Waals surface area contributed by atoms with Crippen molar-refractivity contribution in [3.8, 4) is 0 Å². The van der Waals surface area contributed by atoms with Crippen LogP contribution in [0.2, 0.25) is 0 Å². The van der Waals surface area contributed by atoms with Gasteiger partial charge in [-0.05, 0) is 25.1 Å². The van der Waals surface area contributed by atoms with Crippen molar-refractivity contribution in [2.24, 2.45) is 7.05 Å². The summed E-state index contributed by atoms with van der Waals surface area (Å²) in [5.41, 5.74) is -0.702. The van der Waals surface area contributed by atoms with Crippen molar-refractivity contribution in [1.29, 1.82) is 0 Å². The van der Waals surface area contributed by atoms with Crippen LogP contribution in [0.3, 0.4) is 0 Å². The summed E-state index contributed by atoms with van der Waals surface area (Å²) in [5, 5.41) is 10.5. The second kappa shape index (κ2) is 5.43. The molecule has 0 aliphatic carbocycles. The second-order valence-electron chi connectivity index (χ2n) is 4.26. The van der Waals surface area contributed by atoms with Crippen molar-refractivity contribution in [1.82, 2.24) is 14.8 Å². The highest BCUT2D eigenvalue weighted by atomic mass is 79.9. The fraction of sp³-hybridized carbons (Fsp3) is 0.333. The van der Waals surface area contributed by atoms with E-state index in [0.29, 0.717) is 16.1 Å². The largest absolute Gasteiger partial charge is 0.418 e.